The number of hydrogen-bond acceptors (Lipinski definition) is 6. The fraction of sp³-hybridized carbons (Fsp3) is 0.571. The Hall–Kier alpha value is -2.06. The number of anilines is 1. The van der Waals surface area contributed by atoms with Crippen LogP contribution in [0.5, 0.6) is 0 Å². The summed E-state index contributed by atoms with van der Waals surface area (Å²) in [5.41, 5.74) is 2.21. The van der Waals surface area contributed by atoms with Crippen LogP contribution in [0, 0.1) is 6.92 Å². The van der Waals surface area contributed by atoms with E-state index >= 15 is 0 Å². The van der Waals surface area contributed by atoms with Gasteiger partial charge >= 0.3 is 0 Å². The number of carbonyl (C=O) groups is 1. The highest BCUT2D eigenvalue weighted by atomic mass is 32.2. The van der Waals surface area contributed by atoms with Crippen molar-refractivity contribution in [1.82, 2.24) is 20.1 Å². The van der Waals surface area contributed by atoms with Gasteiger partial charge in [0.2, 0.25) is 11.9 Å². The molecule has 1 aromatic carbocycles. The molecule has 1 aliphatic carbocycles. The molecule has 2 aliphatic rings. The number of nitrogens with one attached hydrogen (secondary N) is 1. The minimum absolute atomic E-state index is 0.0771. The number of aromatic nitrogens is 3. The van der Waals surface area contributed by atoms with Gasteiger partial charge in [-0.05, 0) is 38.8 Å². The van der Waals surface area contributed by atoms with Crippen LogP contribution in [0.4, 0.5) is 5.95 Å². The quantitative estimate of drug-likeness (QED) is 0.732. The SMILES string of the molecule is Cc1ccc(-n2c(SC(C)C(=O)NC3CCCC3)nnc2N2CCOCC2)cc1. The van der Waals surface area contributed by atoms with Gasteiger partial charge in [-0.3, -0.25) is 9.36 Å². The van der Waals surface area contributed by atoms with Crippen LogP contribution in [0.3, 0.4) is 0 Å². The second-order valence-electron chi connectivity index (χ2n) is 7.80. The zero-order valence-electron chi connectivity index (χ0n) is 17.1. The lowest BCUT2D eigenvalue weighted by Crippen LogP contribution is -2.38. The normalized spacial score (nSPS) is 18.8. The fourth-order valence-corrected chi connectivity index (χ4v) is 4.70. The Bertz CT molecular complexity index is 826. The number of nitrogens with zero attached hydrogens (tertiary/aromatic N) is 4. The van der Waals surface area contributed by atoms with Crippen molar-refractivity contribution in [2.75, 3.05) is 31.2 Å². The zero-order chi connectivity index (χ0) is 20.2. The van der Waals surface area contributed by atoms with Crippen LogP contribution >= 0.6 is 11.8 Å². The minimum Gasteiger partial charge on any atom is -0.378 e. The molecule has 1 atom stereocenters. The van der Waals surface area contributed by atoms with E-state index in [1.165, 1.54) is 30.2 Å². The van der Waals surface area contributed by atoms with Crippen LogP contribution in [-0.4, -0.2) is 58.3 Å². The minimum atomic E-state index is -0.235. The second-order valence-corrected chi connectivity index (χ2v) is 9.11. The highest BCUT2D eigenvalue weighted by Gasteiger charge is 2.26. The molecule has 1 aliphatic heterocycles. The van der Waals surface area contributed by atoms with Crippen molar-refractivity contribution in [3.63, 3.8) is 0 Å². The van der Waals surface area contributed by atoms with E-state index in [0.717, 1.165) is 42.7 Å². The average Bonchev–Trinajstić information content (AvgIpc) is 3.39. The third-order valence-electron chi connectivity index (χ3n) is 5.56. The first-order chi connectivity index (χ1) is 14.1. The monoisotopic (exact) mass is 415 g/mol. The first-order valence-corrected chi connectivity index (χ1v) is 11.3. The molecule has 156 valence electrons. The van der Waals surface area contributed by atoms with Crippen LogP contribution in [0.2, 0.25) is 0 Å². The number of carbonyl (C=O) groups excluding carboxylic acids is 1. The molecule has 1 amide bonds. The first-order valence-electron chi connectivity index (χ1n) is 10.4. The summed E-state index contributed by atoms with van der Waals surface area (Å²) < 4.78 is 7.56. The molecule has 1 N–H and O–H groups in total. The molecule has 8 heteroatoms. The zero-order valence-corrected chi connectivity index (χ0v) is 18.0. The third-order valence-corrected chi connectivity index (χ3v) is 6.60. The molecule has 7 nitrogen and oxygen atoms in total. The van der Waals surface area contributed by atoms with Crippen LogP contribution in [0.1, 0.15) is 38.2 Å². The number of amides is 1. The van der Waals surface area contributed by atoms with Gasteiger partial charge in [-0.1, -0.05) is 42.3 Å². The van der Waals surface area contributed by atoms with Crippen molar-refractivity contribution in [2.24, 2.45) is 0 Å². The number of rotatable bonds is 6. The Morgan fingerprint density at radius 2 is 1.86 bits per heavy atom. The van der Waals surface area contributed by atoms with Gasteiger partial charge in [-0.15, -0.1) is 10.2 Å². The van der Waals surface area contributed by atoms with E-state index in [1.54, 1.807) is 0 Å². The van der Waals surface area contributed by atoms with Crippen molar-refractivity contribution in [3.8, 4) is 5.69 Å². The molecule has 1 saturated carbocycles. The van der Waals surface area contributed by atoms with Gasteiger partial charge in [0.25, 0.3) is 0 Å². The van der Waals surface area contributed by atoms with Crippen molar-refractivity contribution in [1.29, 1.82) is 0 Å². The molecule has 2 heterocycles. The molecule has 29 heavy (non-hydrogen) atoms. The lowest BCUT2D eigenvalue weighted by atomic mass is 10.2. The summed E-state index contributed by atoms with van der Waals surface area (Å²) >= 11 is 1.46. The van der Waals surface area contributed by atoms with Gasteiger partial charge < -0.3 is 15.0 Å². The molecule has 1 saturated heterocycles. The molecule has 1 unspecified atom stereocenters. The summed E-state index contributed by atoms with van der Waals surface area (Å²) in [6.07, 6.45) is 4.59. The predicted molar refractivity (Wildman–Crippen MR) is 115 cm³/mol. The maximum Gasteiger partial charge on any atom is 0.233 e. The Kier molecular flexibility index (Phi) is 6.40. The van der Waals surface area contributed by atoms with Crippen LogP contribution in [0.15, 0.2) is 29.4 Å². The fourth-order valence-electron chi connectivity index (χ4n) is 3.83. The Morgan fingerprint density at radius 3 is 2.55 bits per heavy atom. The van der Waals surface area contributed by atoms with E-state index in [0.29, 0.717) is 19.3 Å². The number of aryl methyl sites for hydroxylation is 1. The topological polar surface area (TPSA) is 72.3 Å². The second kappa shape index (κ2) is 9.17. The maximum absolute atomic E-state index is 12.7. The number of benzene rings is 1. The van der Waals surface area contributed by atoms with E-state index in [1.807, 2.05) is 6.92 Å². The summed E-state index contributed by atoms with van der Waals surface area (Å²) in [5.74, 6) is 0.885. The summed E-state index contributed by atoms with van der Waals surface area (Å²) in [6.45, 7) is 6.95. The van der Waals surface area contributed by atoms with Crippen molar-refractivity contribution >= 4 is 23.6 Å². The predicted octanol–water partition coefficient (Wildman–Crippen LogP) is 2.95. The van der Waals surface area contributed by atoms with Gasteiger partial charge in [-0.2, -0.15) is 0 Å². The van der Waals surface area contributed by atoms with Gasteiger partial charge in [0.05, 0.1) is 24.2 Å². The Balaban J connectivity index is 1.57. The summed E-state index contributed by atoms with van der Waals surface area (Å²) in [6, 6.07) is 8.66. The van der Waals surface area contributed by atoms with Crippen LogP contribution in [-0.2, 0) is 9.53 Å². The first kappa shape index (κ1) is 20.2. The summed E-state index contributed by atoms with van der Waals surface area (Å²) in [5, 5.41) is 12.6. The smallest absolute Gasteiger partial charge is 0.233 e. The molecule has 0 bridgehead atoms. The maximum atomic E-state index is 12.7. The van der Waals surface area contributed by atoms with Crippen LogP contribution in [0.25, 0.3) is 5.69 Å². The van der Waals surface area contributed by atoms with Gasteiger partial charge in [0.1, 0.15) is 0 Å². The van der Waals surface area contributed by atoms with Crippen molar-refractivity contribution in [2.45, 2.75) is 56.0 Å². The number of hydrogen-bond donors (Lipinski definition) is 1. The lowest BCUT2D eigenvalue weighted by molar-refractivity contribution is -0.120. The molecule has 0 radical (unpaired) electrons. The van der Waals surface area contributed by atoms with Gasteiger partial charge in [-0.25, -0.2) is 0 Å². The van der Waals surface area contributed by atoms with Crippen molar-refractivity contribution in [3.05, 3.63) is 29.8 Å². The third kappa shape index (κ3) is 4.75. The van der Waals surface area contributed by atoms with Crippen molar-refractivity contribution < 1.29 is 9.53 Å². The number of morpholine rings is 1. The van der Waals surface area contributed by atoms with E-state index < -0.39 is 0 Å². The molecule has 1 aromatic heterocycles. The standard InChI is InChI=1S/C21H29N5O2S/c1-15-7-9-18(10-8-15)26-20(25-11-13-28-14-12-25)23-24-21(26)29-16(2)19(27)22-17-5-3-4-6-17/h7-10,16-17H,3-6,11-14H2,1-2H3,(H,22,27). The molecule has 2 aromatic rings. The van der Waals surface area contributed by atoms with E-state index in [2.05, 4.69) is 56.2 Å². The highest BCUT2D eigenvalue weighted by Crippen LogP contribution is 2.30. The lowest BCUT2D eigenvalue weighted by Gasteiger charge is -2.28. The van der Waals surface area contributed by atoms with E-state index in [-0.39, 0.29) is 11.2 Å². The largest absolute Gasteiger partial charge is 0.378 e. The Morgan fingerprint density at radius 1 is 1.17 bits per heavy atom. The van der Waals surface area contributed by atoms with Gasteiger partial charge in [0, 0.05) is 19.1 Å². The van der Waals surface area contributed by atoms with E-state index in [9.17, 15) is 4.79 Å². The van der Waals surface area contributed by atoms with Gasteiger partial charge in [0.15, 0.2) is 5.16 Å². The highest BCUT2D eigenvalue weighted by molar-refractivity contribution is 8.00. The average molecular weight is 416 g/mol. The Labute approximate surface area is 176 Å². The molecule has 0 spiro atoms. The molecule has 4 rings (SSSR count). The number of ether oxygens (including phenoxy) is 1. The molecule has 2 fully saturated rings. The molecular weight excluding hydrogens is 386 g/mol. The number of thioether (sulfide) groups is 1. The summed E-state index contributed by atoms with van der Waals surface area (Å²) in [7, 11) is 0. The van der Waals surface area contributed by atoms with Crippen LogP contribution < -0.4 is 10.2 Å². The van der Waals surface area contributed by atoms with E-state index in [4.69, 9.17) is 4.74 Å². The summed E-state index contributed by atoms with van der Waals surface area (Å²) in [4.78, 5) is 14.9. The molecular formula is C21H29N5O2S.